The van der Waals surface area contributed by atoms with Crippen LogP contribution in [0.1, 0.15) is 18.3 Å². The predicted molar refractivity (Wildman–Crippen MR) is 83.0 cm³/mol. The SMILES string of the molecule is Cc1cnn(CC(C)NCc2noc(-c3ccccc3)n2)c1. The van der Waals surface area contributed by atoms with E-state index in [9.17, 15) is 0 Å². The molecule has 0 saturated carbocycles. The maximum absolute atomic E-state index is 5.29. The number of aryl methyl sites for hydroxylation is 1. The molecular formula is C16H19N5O. The first-order chi connectivity index (χ1) is 10.7. The van der Waals surface area contributed by atoms with Crippen LogP contribution >= 0.6 is 0 Å². The minimum Gasteiger partial charge on any atom is -0.334 e. The van der Waals surface area contributed by atoms with Crippen LogP contribution < -0.4 is 5.32 Å². The Hall–Kier alpha value is -2.47. The Morgan fingerprint density at radius 1 is 1.27 bits per heavy atom. The molecular weight excluding hydrogens is 278 g/mol. The van der Waals surface area contributed by atoms with Crippen molar-refractivity contribution in [2.24, 2.45) is 0 Å². The van der Waals surface area contributed by atoms with E-state index in [2.05, 4.69) is 27.5 Å². The van der Waals surface area contributed by atoms with E-state index in [1.54, 1.807) is 0 Å². The van der Waals surface area contributed by atoms with Crippen LogP contribution in [0.5, 0.6) is 0 Å². The highest BCUT2D eigenvalue weighted by Crippen LogP contribution is 2.15. The number of nitrogens with one attached hydrogen (secondary N) is 1. The van der Waals surface area contributed by atoms with Crippen molar-refractivity contribution in [3.05, 3.63) is 54.1 Å². The molecule has 6 heteroatoms. The molecule has 0 saturated heterocycles. The van der Waals surface area contributed by atoms with Crippen molar-refractivity contribution in [3.8, 4) is 11.5 Å². The highest BCUT2D eigenvalue weighted by atomic mass is 16.5. The normalized spacial score (nSPS) is 12.5. The highest BCUT2D eigenvalue weighted by molar-refractivity contribution is 5.51. The zero-order chi connectivity index (χ0) is 15.4. The first kappa shape index (κ1) is 14.5. The number of rotatable bonds is 6. The number of nitrogens with zero attached hydrogens (tertiary/aromatic N) is 4. The summed E-state index contributed by atoms with van der Waals surface area (Å²) in [6, 6.07) is 10.0. The monoisotopic (exact) mass is 297 g/mol. The summed E-state index contributed by atoms with van der Waals surface area (Å²) in [6.07, 6.45) is 3.89. The van der Waals surface area contributed by atoms with Gasteiger partial charge in [0, 0.05) is 17.8 Å². The highest BCUT2D eigenvalue weighted by Gasteiger charge is 2.10. The Morgan fingerprint density at radius 3 is 2.82 bits per heavy atom. The fraction of sp³-hybridized carbons (Fsp3) is 0.312. The largest absolute Gasteiger partial charge is 0.334 e. The maximum Gasteiger partial charge on any atom is 0.257 e. The average molecular weight is 297 g/mol. The summed E-state index contributed by atoms with van der Waals surface area (Å²) in [7, 11) is 0. The van der Waals surface area contributed by atoms with Gasteiger partial charge in [0.15, 0.2) is 5.82 Å². The maximum atomic E-state index is 5.29. The van der Waals surface area contributed by atoms with Crippen molar-refractivity contribution >= 4 is 0 Å². The summed E-state index contributed by atoms with van der Waals surface area (Å²) in [4.78, 5) is 4.40. The number of hydrogen-bond donors (Lipinski definition) is 1. The molecule has 114 valence electrons. The standard InChI is InChI=1S/C16H19N5O/c1-12-8-18-21(10-12)11-13(2)17-9-15-19-16(22-20-15)14-6-4-3-5-7-14/h3-8,10,13,17H,9,11H2,1-2H3. The van der Waals surface area contributed by atoms with Crippen LogP contribution in [0.25, 0.3) is 11.5 Å². The van der Waals surface area contributed by atoms with E-state index >= 15 is 0 Å². The van der Waals surface area contributed by atoms with Crippen molar-refractivity contribution < 1.29 is 4.52 Å². The smallest absolute Gasteiger partial charge is 0.257 e. The van der Waals surface area contributed by atoms with Crippen LogP contribution in [-0.2, 0) is 13.1 Å². The van der Waals surface area contributed by atoms with Crippen LogP contribution in [-0.4, -0.2) is 26.0 Å². The van der Waals surface area contributed by atoms with Gasteiger partial charge in [-0.25, -0.2) is 0 Å². The average Bonchev–Trinajstić information content (AvgIpc) is 3.15. The molecule has 1 aromatic carbocycles. The molecule has 0 spiro atoms. The van der Waals surface area contributed by atoms with Gasteiger partial charge in [-0.1, -0.05) is 23.4 Å². The zero-order valence-electron chi connectivity index (χ0n) is 12.7. The Labute approximate surface area is 129 Å². The molecule has 2 aromatic heterocycles. The van der Waals surface area contributed by atoms with Crippen molar-refractivity contribution in [2.45, 2.75) is 33.0 Å². The molecule has 0 fully saturated rings. The first-order valence-electron chi connectivity index (χ1n) is 7.31. The number of aromatic nitrogens is 4. The molecule has 0 aliphatic carbocycles. The molecule has 2 heterocycles. The van der Waals surface area contributed by atoms with Crippen molar-refractivity contribution in [1.82, 2.24) is 25.2 Å². The molecule has 1 atom stereocenters. The molecule has 0 bridgehead atoms. The Bertz CT molecular complexity index is 719. The fourth-order valence-corrected chi connectivity index (χ4v) is 2.20. The zero-order valence-corrected chi connectivity index (χ0v) is 12.7. The van der Waals surface area contributed by atoms with E-state index in [0.29, 0.717) is 18.3 Å². The molecule has 0 amide bonds. The Morgan fingerprint density at radius 2 is 2.09 bits per heavy atom. The lowest BCUT2D eigenvalue weighted by atomic mass is 10.2. The summed E-state index contributed by atoms with van der Waals surface area (Å²) in [6.45, 7) is 5.51. The molecule has 3 rings (SSSR count). The van der Waals surface area contributed by atoms with E-state index in [1.807, 2.05) is 54.3 Å². The lowest BCUT2D eigenvalue weighted by molar-refractivity contribution is 0.407. The van der Waals surface area contributed by atoms with Gasteiger partial charge in [0.05, 0.1) is 19.3 Å². The van der Waals surface area contributed by atoms with Gasteiger partial charge < -0.3 is 9.84 Å². The summed E-state index contributed by atoms with van der Waals surface area (Å²) in [5.74, 6) is 1.20. The van der Waals surface area contributed by atoms with E-state index in [0.717, 1.165) is 17.7 Å². The molecule has 1 N–H and O–H groups in total. The molecule has 0 aliphatic heterocycles. The van der Waals surface area contributed by atoms with Crippen molar-refractivity contribution in [2.75, 3.05) is 0 Å². The van der Waals surface area contributed by atoms with Crippen LogP contribution in [0.4, 0.5) is 0 Å². The third-order valence-corrected chi connectivity index (χ3v) is 3.32. The van der Waals surface area contributed by atoms with Gasteiger partial charge in [-0.3, -0.25) is 4.68 Å². The van der Waals surface area contributed by atoms with E-state index < -0.39 is 0 Å². The summed E-state index contributed by atoms with van der Waals surface area (Å²) >= 11 is 0. The summed E-state index contributed by atoms with van der Waals surface area (Å²) < 4.78 is 7.22. The summed E-state index contributed by atoms with van der Waals surface area (Å²) in [5.41, 5.74) is 2.10. The van der Waals surface area contributed by atoms with Gasteiger partial charge >= 0.3 is 0 Å². The summed E-state index contributed by atoms with van der Waals surface area (Å²) in [5, 5.41) is 11.7. The van der Waals surface area contributed by atoms with Crippen LogP contribution in [0.2, 0.25) is 0 Å². The molecule has 0 radical (unpaired) electrons. The first-order valence-corrected chi connectivity index (χ1v) is 7.31. The van der Waals surface area contributed by atoms with Gasteiger partial charge in [0.1, 0.15) is 0 Å². The lowest BCUT2D eigenvalue weighted by Gasteiger charge is -2.12. The predicted octanol–water partition coefficient (Wildman–Crippen LogP) is 2.42. The quantitative estimate of drug-likeness (QED) is 0.756. The van der Waals surface area contributed by atoms with Crippen LogP contribution in [0.15, 0.2) is 47.2 Å². The second-order valence-electron chi connectivity index (χ2n) is 5.40. The molecule has 22 heavy (non-hydrogen) atoms. The third kappa shape index (κ3) is 3.59. The minimum atomic E-state index is 0.262. The molecule has 3 aromatic rings. The van der Waals surface area contributed by atoms with Crippen molar-refractivity contribution in [1.29, 1.82) is 0 Å². The van der Waals surface area contributed by atoms with Crippen LogP contribution in [0, 0.1) is 6.92 Å². The van der Waals surface area contributed by atoms with E-state index in [4.69, 9.17) is 4.52 Å². The Balaban J connectivity index is 1.54. The van der Waals surface area contributed by atoms with Crippen molar-refractivity contribution in [3.63, 3.8) is 0 Å². The second-order valence-corrected chi connectivity index (χ2v) is 5.40. The van der Waals surface area contributed by atoms with E-state index in [-0.39, 0.29) is 6.04 Å². The minimum absolute atomic E-state index is 0.262. The lowest BCUT2D eigenvalue weighted by Crippen LogP contribution is -2.30. The fourth-order valence-electron chi connectivity index (χ4n) is 2.20. The van der Waals surface area contributed by atoms with Gasteiger partial charge in [-0.2, -0.15) is 10.1 Å². The second kappa shape index (κ2) is 6.53. The molecule has 1 unspecified atom stereocenters. The molecule has 6 nitrogen and oxygen atoms in total. The van der Waals surface area contributed by atoms with Gasteiger partial charge in [-0.15, -0.1) is 0 Å². The number of benzene rings is 1. The topological polar surface area (TPSA) is 68.8 Å². The van der Waals surface area contributed by atoms with Gasteiger partial charge in [0.2, 0.25) is 0 Å². The van der Waals surface area contributed by atoms with Crippen LogP contribution in [0.3, 0.4) is 0 Å². The third-order valence-electron chi connectivity index (χ3n) is 3.32. The molecule has 0 aliphatic rings. The van der Waals surface area contributed by atoms with Gasteiger partial charge in [-0.05, 0) is 31.5 Å². The number of hydrogen-bond acceptors (Lipinski definition) is 5. The van der Waals surface area contributed by atoms with E-state index in [1.165, 1.54) is 0 Å². The Kier molecular flexibility index (Phi) is 4.29. The van der Waals surface area contributed by atoms with Gasteiger partial charge in [0.25, 0.3) is 5.89 Å².